The maximum absolute atomic E-state index is 13.0. The minimum absolute atomic E-state index is 0.0790. The number of alkyl halides is 3. The van der Waals surface area contributed by atoms with Crippen LogP contribution in [0.2, 0.25) is 0 Å². The quantitative estimate of drug-likeness (QED) is 0.214. The van der Waals surface area contributed by atoms with E-state index >= 15 is 0 Å². The minimum Gasteiger partial charge on any atom is -0.485 e. The van der Waals surface area contributed by atoms with E-state index in [1.807, 2.05) is 60.7 Å². The average molecular weight is 564 g/mol. The molecule has 0 fully saturated rings. The number of carbonyl (C=O) groups excluding carboxylic acids is 1. The first-order chi connectivity index (χ1) is 19.7. The van der Waals surface area contributed by atoms with Crippen LogP contribution in [0.1, 0.15) is 27.8 Å². The largest absolute Gasteiger partial charge is 0.485 e. The van der Waals surface area contributed by atoms with E-state index in [4.69, 9.17) is 9.47 Å². The fraction of sp³-hybridized carbons (Fsp3) is 0.188. The number of carbonyl (C=O) groups is 2. The molecule has 2 N–H and O–H groups in total. The molecule has 0 bridgehead atoms. The number of halogens is 3. The predicted octanol–water partition coefficient (Wildman–Crippen LogP) is 6.22. The second kappa shape index (κ2) is 13.5. The molecule has 0 radical (unpaired) electrons. The number of hydrogen-bond donors (Lipinski definition) is 2. The predicted molar refractivity (Wildman–Crippen MR) is 146 cm³/mol. The van der Waals surface area contributed by atoms with Crippen LogP contribution in [0.4, 0.5) is 13.2 Å². The zero-order valence-corrected chi connectivity index (χ0v) is 21.9. The van der Waals surface area contributed by atoms with Gasteiger partial charge in [0.05, 0.1) is 12.0 Å². The number of rotatable bonds is 12. The first-order valence-corrected chi connectivity index (χ1v) is 12.8. The van der Waals surface area contributed by atoms with Crippen molar-refractivity contribution in [2.75, 3.05) is 0 Å². The van der Waals surface area contributed by atoms with Crippen molar-refractivity contribution in [1.29, 1.82) is 0 Å². The molecule has 4 aromatic rings. The highest BCUT2D eigenvalue weighted by atomic mass is 19.4. The second-order valence-electron chi connectivity index (χ2n) is 9.37. The van der Waals surface area contributed by atoms with Crippen LogP contribution in [0.5, 0.6) is 11.5 Å². The van der Waals surface area contributed by atoms with Crippen LogP contribution < -0.4 is 14.8 Å². The van der Waals surface area contributed by atoms with E-state index in [2.05, 4.69) is 5.32 Å². The molecule has 0 aromatic heterocycles. The third-order valence-corrected chi connectivity index (χ3v) is 6.17. The van der Waals surface area contributed by atoms with Crippen molar-refractivity contribution in [3.8, 4) is 11.5 Å². The summed E-state index contributed by atoms with van der Waals surface area (Å²) in [6.45, 7) is 0.549. The normalized spacial score (nSPS) is 11.9. The van der Waals surface area contributed by atoms with E-state index in [-0.39, 0.29) is 18.6 Å². The standard InChI is InChI=1S/C32H28F3NO5/c33-32(34,35)26-13-7-12-24(16-26)19-30(37)36-27(31(38)39)17-25-14-15-28(40-20-22-8-3-1-4-9-22)29(18-25)41-21-23-10-5-2-6-11-23/h1-16,18,27H,17,19-21H2,(H,36,37)(H,38,39)/t27-/m0/s1. The Hall–Kier alpha value is -4.79. The number of aliphatic carboxylic acids is 1. The first-order valence-electron chi connectivity index (χ1n) is 12.8. The number of benzene rings is 4. The Labute approximate surface area is 235 Å². The molecule has 6 nitrogen and oxygen atoms in total. The molecule has 212 valence electrons. The van der Waals surface area contributed by atoms with Crippen molar-refractivity contribution in [2.24, 2.45) is 0 Å². The summed E-state index contributed by atoms with van der Waals surface area (Å²) in [6, 6.07) is 27.2. The van der Waals surface area contributed by atoms with E-state index in [0.717, 1.165) is 23.3 Å². The Kier molecular flexibility index (Phi) is 9.63. The summed E-state index contributed by atoms with van der Waals surface area (Å²) in [6.07, 6.45) is -5.02. The molecule has 0 spiro atoms. The molecular weight excluding hydrogens is 535 g/mol. The SMILES string of the molecule is O=C(Cc1cccc(C(F)(F)F)c1)N[C@@H](Cc1ccc(OCc2ccccc2)c(OCc2ccccc2)c1)C(=O)O. The zero-order chi connectivity index (χ0) is 29.2. The van der Waals surface area contributed by atoms with Crippen molar-refractivity contribution < 1.29 is 37.3 Å². The summed E-state index contributed by atoms with van der Waals surface area (Å²) < 4.78 is 51.1. The summed E-state index contributed by atoms with van der Waals surface area (Å²) in [7, 11) is 0. The molecule has 4 rings (SSSR count). The van der Waals surface area contributed by atoms with E-state index in [0.29, 0.717) is 23.7 Å². The molecule has 1 atom stereocenters. The molecule has 0 unspecified atom stereocenters. The van der Waals surface area contributed by atoms with Gasteiger partial charge in [0.25, 0.3) is 0 Å². The van der Waals surface area contributed by atoms with Crippen LogP contribution in [0.3, 0.4) is 0 Å². The summed E-state index contributed by atoms with van der Waals surface area (Å²) in [5.41, 5.74) is 1.69. The molecule has 0 aliphatic carbocycles. The number of nitrogens with one attached hydrogen (secondary N) is 1. The van der Waals surface area contributed by atoms with Crippen molar-refractivity contribution in [3.05, 3.63) is 131 Å². The van der Waals surface area contributed by atoms with Gasteiger partial charge in [0.1, 0.15) is 19.3 Å². The molecule has 1 amide bonds. The van der Waals surface area contributed by atoms with E-state index in [9.17, 15) is 27.9 Å². The maximum atomic E-state index is 13.0. The van der Waals surface area contributed by atoms with Crippen LogP contribution in [-0.2, 0) is 41.8 Å². The van der Waals surface area contributed by atoms with Crippen LogP contribution in [0.25, 0.3) is 0 Å². The average Bonchev–Trinajstić information content (AvgIpc) is 2.96. The van der Waals surface area contributed by atoms with Crippen LogP contribution in [-0.4, -0.2) is 23.0 Å². The Balaban J connectivity index is 1.47. The van der Waals surface area contributed by atoms with Gasteiger partial charge in [-0.3, -0.25) is 4.79 Å². The van der Waals surface area contributed by atoms with Crippen molar-refractivity contribution in [2.45, 2.75) is 38.3 Å². The lowest BCUT2D eigenvalue weighted by Crippen LogP contribution is -2.43. The maximum Gasteiger partial charge on any atom is 0.416 e. The van der Waals surface area contributed by atoms with Gasteiger partial charge in [0.15, 0.2) is 11.5 Å². The fourth-order valence-corrected chi connectivity index (χ4v) is 4.11. The van der Waals surface area contributed by atoms with Crippen LogP contribution >= 0.6 is 0 Å². The van der Waals surface area contributed by atoms with Crippen molar-refractivity contribution in [3.63, 3.8) is 0 Å². The van der Waals surface area contributed by atoms with Gasteiger partial charge in [-0.1, -0.05) is 84.9 Å². The molecule has 41 heavy (non-hydrogen) atoms. The molecular formula is C32H28F3NO5. The topological polar surface area (TPSA) is 84.9 Å². The van der Waals surface area contributed by atoms with E-state index in [1.165, 1.54) is 12.1 Å². The molecule has 4 aromatic carbocycles. The zero-order valence-electron chi connectivity index (χ0n) is 21.9. The van der Waals surface area contributed by atoms with Crippen molar-refractivity contribution >= 4 is 11.9 Å². The molecule has 0 saturated heterocycles. The summed E-state index contributed by atoms with van der Waals surface area (Å²) >= 11 is 0. The van der Waals surface area contributed by atoms with Gasteiger partial charge < -0.3 is 19.9 Å². The molecule has 0 aliphatic heterocycles. The highest BCUT2D eigenvalue weighted by molar-refractivity contribution is 5.85. The Morgan fingerprint density at radius 3 is 1.88 bits per heavy atom. The van der Waals surface area contributed by atoms with Gasteiger partial charge in [-0.05, 0) is 40.5 Å². The fourth-order valence-electron chi connectivity index (χ4n) is 4.11. The number of amides is 1. The molecule has 0 aliphatic rings. The van der Waals surface area contributed by atoms with E-state index < -0.39 is 36.1 Å². The second-order valence-corrected chi connectivity index (χ2v) is 9.37. The summed E-state index contributed by atoms with van der Waals surface area (Å²) in [5.74, 6) is -1.12. The number of carboxylic acid groups (broad SMARTS) is 1. The number of hydrogen-bond acceptors (Lipinski definition) is 4. The van der Waals surface area contributed by atoms with Crippen LogP contribution in [0, 0.1) is 0 Å². The third kappa shape index (κ3) is 8.86. The van der Waals surface area contributed by atoms with Crippen LogP contribution in [0.15, 0.2) is 103 Å². The van der Waals surface area contributed by atoms with Gasteiger partial charge in [0, 0.05) is 6.42 Å². The Morgan fingerprint density at radius 1 is 0.707 bits per heavy atom. The highest BCUT2D eigenvalue weighted by Crippen LogP contribution is 2.31. The van der Waals surface area contributed by atoms with E-state index in [1.54, 1.807) is 18.2 Å². The van der Waals surface area contributed by atoms with Crippen molar-refractivity contribution in [1.82, 2.24) is 5.32 Å². The minimum atomic E-state index is -4.55. The lowest BCUT2D eigenvalue weighted by Gasteiger charge is -2.18. The monoisotopic (exact) mass is 563 g/mol. The number of ether oxygens (including phenoxy) is 2. The third-order valence-electron chi connectivity index (χ3n) is 6.17. The summed E-state index contributed by atoms with van der Waals surface area (Å²) in [4.78, 5) is 24.6. The van der Waals surface area contributed by atoms with Gasteiger partial charge in [-0.15, -0.1) is 0 Å². The first kappa shape index (κ1) is 29.2. The lowest BCUT2D eigenvalue weighted by atomic mass is 10.0. The smallest absolute Gasteiger partial charge is 0.416 e. The summed E-state index contributed by atoms with van der Waals surface area (Å²) in [5, 5.41) is 12.2. The van der Waals surface area contributed by atoms with Gasteiger partial charge in [0.2, 0.25) is 5.91 Å². The Morgan fingerprint density at radius 2 is 1.29 bits per heavy atom. The number of carboxylic acids is 1. The van der Waals surface area contributed by atoms with Gasteiger partial charge in [-0.25, -0.2) is 4.79 Å². The van der Waals surface area contributed by atoms with Gasteiger partial charge in [-0.2, -0.15) is 13.2 Å². The Bertz CT molecular complexity index is 1460. The van der Waals surface area contributed by atoms with Gasteiger partial charge >= 0.3 is 12.1 Å². The molecule has 0 saturated carbocycles. The lowest BCUT2D eigenvalue weighted by molar-refractivity contribution is -0.141. The highest BCUT2D eigenvalue weighted by Gasteiger charge is 2.30. The molecule has 0 heterocycles. The molecule has 9 heteroatoms.